The maximum atomic E-state index is 13.3. The van der Waals surface area contributed by atoms with Gasteiger partial charge in [0.1, 0.15) is 10.5 Å². The average Bonchev–Trinajstić information content (AvgIpc) is 3.36. The fraction of sp³-hybridized carbons (Fsp3) is 0.296. The highest BCUT2D eigenvalue weighted by Crippen LogP contribution is 2.26. The minimum Gasteiger partial charge on any atom is -0.349 e. The zero-order valence-electron chi connectivity index (χ0n) is 19.5. The van der Waals surface area contributed by atoms with E-state index in [4.69, 9.17) is 4.98 Å². The highest BCUT2D eigenvalue weighted by atomic mass is 32.1. The first-order valence-electron chi connectivity index (χ1n) is 11.8. The number of nitrogens with one attached hydrogen (secondary N) is 1. The van der Waals surface area contributed by atoms with E-state index in [9.17, 15) is 14.0 Å². The predicted molar refractivity (Wildman–Crippen MR) is 137 cm³/mol. The summed E-state index contributed by atoms with van der Waals surface area (Å²) in [6.07, 6.45) is 1.34. The van der Waals surface area contributed by atoms with Gasteiger partial charge in [0.2, 0.25) is 11.9 Å². The van der Waals surface area contributed by atoms with Crippen molar-refractivity contribution in [2.75, 3.05) is 18.0 Å². The first-order valence-corrected chi connectivity index (χ1v) is 12.7. The smallest absolute Gasteiger partial charge is 0.273 e. The number of aromatic nitrogens is 2. The number of rotatable bonds is 6. The topological polar surface area (TPSA) is 67.2 Å². The average molecular weight is 491 g/mol. The molecule has 1 aliphatic heterocycles. The number of hydrogen-bond acceptors (Lipinski definition) is 5. The number of carbonyl (C=O) groups excluding carboxylic acids is 1. The van der Waals surface area contributed by atoms with E-state index >= 15 is 0 Å². The number of piperidine rings is 1. The Morgan fingerprint density at radius 2 is 1.83 bits per heavy atom. The van der Waals surface area contributed by atoms with Gasteiger partial charge in [-0.15, -0.1) is 11.3 Å². The number of halogens is 1. The van der Waals surface area contributed by atoms with Crippen LogP contribution in [0.1, 0.15) is 36.9 Å². The molecule has 8 heteroatoms. The van der Waals surface area contributed by atoms with Crippen LogP contribution in [0.3, 0.4) is 0 Å². The summed E-state index contributed by atoms with van der Waals surface area (Å²) >= 11 is 1.41. The first kappa shape index (κ1) is 23.2. The number of fused-ring (bicyclic) bond motifs is 1. The van der Waals surface area contributed by atoms with Crippen molar-refractivity contribution in [3.8, 4) is 0 Å². The SMILES string of the molecule is C[C@H](NC(=O)C1CCN(c2nc3ccsc3c(=O)n2Cc2ccccc2)CC1)c1ccc(F)cc1. The molecule has 1 N–H and O–H groups in total. The van der Waals surface area contributed by atoms with Crippen molar-refractivity contribution < 1.29 is 9.18 Å². The quantitative estimate of drug-likeness (QED) is 0.424. The Morgan fingerprint density at radius 1 is 1.11 bits per heavy atom. The van der Waals surface area contributed by atoms with Gasteiger partial charge >= 0.3 is 0 Å². The minimum absolute atomic E-state index is 0.00407. The zero-order valence-corrected chi connectivity index (χ0v) is 20.3. The number of anilines is 1. The lowest BCUT2D eigenvalue weighted by Gasteiger charge is -2.33. The predicted octanol–water partition coefficient (Wildman–Crippen LogP) is 4.74. The van der Waals surface area contributed by atoms with Crippen molar-refractivity contribution in [2.24, 2.45) is 5.92 Å². The summed E-state index contributed by atoms with van der Waals surface area (Å²) in [7, 11) is 0. The lowest BCUT2D eigenvalue weighted by atomic mass is 9.95. The molecule has 1 fully saturated rings. The van der Waals surface area contributed by atoms with Crippen molar-refractivity contribution in [2.45, 2.75) is 32.4 Å². The van der Waals surface area contributed by atoms with Crippen molar-refractivity contribution in [1.29, 1.82) is 0 Å². The third kappa shape index (κ3) is 4.98. The van der Waals surface area contributed by atoms with Gasteiger partial charge in [-0.1, -0.05) is 42.5 Å². The molecule has 180 valence electrons. The molecule has 6 nitrogen and oxygen atoms in total. The summed E-state index contributed by atoms with van der Waals surface area (Å²) in [6.45, 7) is 3.63. The molecular weight excluding hydrogens is 463 g/mol. The summed E-state index contributed by atoms with van der Waals surface area (Å²) in [5.41, 5.74) is 2.59. The van der Waals surface area contributed by atoms with Crippen LogP contribution in [0, 0.1) is 11.7 Å². The van der Waals surface area contributed by atoms with E-state index in [0.29, 0.717) is 48.6 Å². The molecule has 2 aromatic heterocycles. The number of carbonyl (C=O) groups is 1. The van der Waals surface area contributed by atoms with Gasteiger partial charge < -0.3 is 10.2 Å². The van der Waals surface area contributed by atoms with Gasteiger partial charge in [-0.05, 0) is 54.5 Å². The molecule has 0 radical (unpaired) electrons. The zero-order chi connectivity index (χ0) is 24.4. The lowest BCUT2D eigenvalue weighted by Crippen LogP contribution is -2.43. The van der Waals surface area contributed by atoms with Gasteiger partial charge in [-0.2, -0.15) is 0 Å². The molecule has 0 saturated carbocycles. The van der Waals surface area contributed by atoms with Crippen LogP contribution in [0.25, 0.3) is 10.2 Å². The number of thiophene rings is 1. The fourth-order valence-electron chi connectivity index (χ4n) is 4.59. The minimum atomic E-state index is -0.292. The molecule has 1 atom stereocenters. The number of benzene rings is 2. The third-order valence-electron chi connectivity index (χ3n) is 6.61. The van der Waals surface area contributed by atoms with Crippen LogP contribution in [0.15, 0.2) is 70.8 Å². The highest BCUT2D eigenvalue weighted by Gasteiger charge is 2.28. The van der Waals surface area contributed by atoms with E-state index in [0.717, 1.165) is 11.1 Å². The van der Waals surface area contributed by atoms with Crippen LogP contribution in [-0.4, -0.2) is 28.5 Å². The molecule has 1 saturated heterocycles. The highest BCUT2D eigenvalue weighted by molar-refractivity contribution is 7.17. The van der Waals surface area contributed by atoms with Crippen LogP contribution in [-0.2, 0) is 11.3 Å². The Balaban J connectivity index is 1.31. The molecule has 4 aromatic rings. The Hall–Kier alpha value is -3.52. The normalized spacial score (nSPS) is 15.3. The molecule has 1 amide bonds. The maximum Gasteiger partial charge on any atom is 0.273 e. The van der Waals surface area contributed by atoms with Crippen molar-refractivity contribution in [3.05, 3.63) is 93.3 Å². The van der Waals surface area contributed by atoms with Gasteiger partial charge in [-0.25, -0.2) is 9.37 Å². The Labute approximate surface area is 207 Å². The van der Waals surface area contributed by atoms with E-state index in [1.165, 1.54) is 23.5 Å². The van der Waals surface area contributed by atoms with Crippen LogP contribution >= 0.6 is 11.3 Å². The Bertz CT molecular complexity index is 1380. The summed E-state index contributed by atoms with van der Waals surface area (Å²) in [5.74, 6) is 0.251. The molecule has 0 bridgehead atoms. The third-order valence-corrected chi connectivity index (χ3v) is 7.50. The second-order valence-corrected chi connectivity index (χ2v) is 9.88. The monoisotopic (exact) mass is 490 g/mol. The van der Waals surface area contributed by atoms with Crippen LogP contribution in [0.2, 0.25) is 0 Å². The van der Waals surface area contributed by atoms with E-state index in [1.54, 1.807) is 16.7 Å². The van der Waals surface area contributed by atoms with Gasteiger partial charge in [0.15, 0.2) is 0 Å². The van der Waals surface area contributed by atoms with E-state index in [1.807, 2.05) is 48.7 Å². The molecule has 5 rings (SSSR count). The largest absolute Gasteiger partial charge is 0.349 e. The first-order chi connectivity index (χ1) is 17.0. The molecule has 3 heterocycles. The Kier molecular flexibility index (Phi) is 6.63. The second kappa shape index (κ2) is 10.00. The molecule has 0 aliphatic carbocycles. The van der Waals surface area contributed by atoms with E-state index in [2.05, 4.69) is 10.2 Å². The van der Waals surface area contributed by atoms with Crippen molar-refractivity contribution >= 4 is 33.4 Å². The fourth-order valence-corrected chi connectivity index (χ4v) is 5.37. The van der Waals surface area contributed by atoms with Crippen LogP contribution in [0.4, 0.5) is 10.3 Å². The van der Waals surface area contributed by atoms with Crippen LogP contribution < -0.4 is 15.8 Å². The molecule has 0 unspecified atom stereocenters. The molecule has 2 aromatic carbocycles. The van der Waals surface area contributed by atoms with Crippen LogP contribution in [0.5, 0.6) is 0 Å². The number of amides is 1. The van der Waals surface area contributed by atoms with E-state index < -0.39 is 0 Å². The molecule has 0 spiro atoms. The summed E-state index contributed by atoms with van der Waals surface area (Å²) in [6, 6.07) is 17.8. The van der Waals surface area contributed by atoms with E-state index in [-0.39, 0.29) is 29.2 Å². The van der Waals surface area contributed by atoms with Gasteiger partial charge in [-0.3, -0.25) is 14.2 Å². The maximum absolute atomic E-state index is 13.3. The number of nitrogens with zero attached hydrogens (tertiary/aromatic N) is 3. The van der Waals surface area contributed by atoms with Gasteiger partial charge in [0.25, 0.3) is 5.56 Å². The molecule has 35 heavy (non-hydrogen) atoms. The lowest BCUT2D eigenvalue weighted by molar-refractivity contribution is -0.126. The summed E-state index contributed by atoms with van der Waals surface area (Å²) < 4.78 is 15.6. The molecule has 1 aliphatic rings. The second-order valence-electron chi connectivity index (χ2n) is 8.97. The number of hydrogen-bond donors (Lipinski definition) is 1. The van der Waals surface area contributed by atoms with Gasteiger partial charge in [0.05, 0.1) is 18.1 Å². The summed E-state index contributed by atoms with van der Waals surface area (Å²) in [4.78, 5) is 33.2. The molecular formula is C27H27FN4O2S. The van der Waals surface area contributed by atoms with Crippen molar-refractivity contribution in [1.82, 2.24) is 14.9 Å². The Morgan fingerprint density at radius 3 is 2.54 bits per heavy atom. The summed E-state index contributed by atoms with van der Waals surface area (Å²) in [5, 5.41) is 4.96. The van der Waals surface area contributed by atoms with Crippen molar-refractivity contribution in [3.63, 3.8) is 0 Å². The standard InChI is InChI=1S/C27H27FN4O2S/c1-18(20-7-9-22(28)10-8-20)29-25(33)21-11-14-31(15-12-21)27-30-23-13-16-35-24(23)26(34)32(27)17-19-5-3-2-4-6-19/h2-10,13,16,18,21H,11-12,14-15,17H2,1H3,(H,29,33)/t18-/m0/s1. The van der Waals surface area contributed by atoms with Gasteiger partial charge in [0, 0.05) is 19.0 Å².